The maximum atomic E-state index is 13.3. The fourth-order valence-corrected chi connectivity index (χ4v) is 6.14. The number of carbonyl (C=O) groups excluding carboxylic acids is 2. The molecule has 0 aromatic rings. The third kappa shape index (κ3) is 7.50. The van der Waals surface area contributed by atoms with Crippen molar-refractivity contribution in [3.8, 4) is 0 Å². The van der Waals surface area contributed by atoms with Crippen molar-refractivity contribution in [2.24, 2.45) is 29.1 Å². The van der Waals surface area contributed by atoms with Crippen molar-refractivity contribution in [3.05, 3.63) is 0 Å². The minimum Gasteiger partial charge on any atom is -0.463 e. The molecule has 2 heterocycles. The van der Waals surface area contributed by atoms with Crippen LogP contribution in [0.15, 0.2) is 0 Å². The number of hydrogen-bond acceptors (Lipinski definition) is 6. The fraction of sp³-hybridized carbons (Fsp3) is 0.926. The highest BCUT2D eigenvalue weighted by Gasteiger charge is 2.43. The van der Waals surface area contributed by atoms with E-state index in [1.807, 2.05) is 6.92 Å². The Kier molecular flexibility index (Phi) is 9.96. The molecular formula is C27H50N2O4. The first-order valence-corrected chi connectivity index (χ1v) is 13.0. The van der Waals surface area contributed by atoms with E-state index in [0.29, 0.717) is 30.8 Å². The van der Waals surface area contributed by atoms with Crippen LogP contribution in [0.4, 0.5) is 0 Å². The van der Waals surface area contributed by atoms with Gasteiger partial charge in [-0.2, -0.15) is 0 Å². The van der Waals surface area contributed by atoms with Gasteiger partial charge >= 0.3 is 5.97 Å². The van der Waals surface area contributed by atoms with Gasteiger partial charge in [-0.25, -0.2) is 0 Å². The molecule has 2 aliphatic heterocycles. The molecule has 0 N–H and O–H groups in total. The Morgan fingerprint density at radius 3 is 2.24 bits per heavy atom. The van der Waals surface area contributed by atoms with Crippen LogP contribution >= 0.6 is 0 Å². The lowest BCUT2D eigenvalue weighted by Crippen LogP contribution is -2.49. The van der Waals surface area contributed by atoms with Gasteiger partial charge in [0.1, 0.15) is 12.0 Å². The molecule has 2 fully saturated rings. The second-order valence-corrected chi connectivity index (χ2v) is 12.2. The van der Waals surface area contributed by atoms with Crippen molar-refractivity contribution < 1.29 is 19.1 Å². The van der Waals surface area contributed by atoms with E-state index in [1.54, 1.807) is 21.0 Å². The maximum Gasteiger partial charge on any atom is 0.319 e. The number of methoxy groups -OCH3 is 1. The molecule has 2 rings (SSSR count). The summed E-state index contributed by atoms with van der Waals surface area (Å²) in [6.07, 6.45) is 3.71. The molecule has 1 unspecified atom stereocenters. The van der Waals surface area contributed by atoms with Crippen LogP contribution in [0.2, 0.25) is 0 Å². The zero-order chi connectivity index (χ0) is 25.0. The van der Waals surface area contributed by atoms with Gasteiger partial charge < -0.3 is 14.4 Å². The number of piperidine rings is 1. The molecule has 0 amide bonds. The molecule has 0 radical (unpaired) electrons. The summed E-state index contributed by atoms with van der Waals surface area (Å²) in [6.45, 7) is 18.8. The Balaban J connectivity index is 2.25. The normalized spacial score (nSPS) is 34.4. The standard InChI is InChI=1S/C27H50N2O4/c1-19(2)16-29-12-10-22(11-13-29)23-18-33-25(31)26(5,6)24(30)21(4)15-27(7,32-9)14-20(3)17-28(23)8/h19-23H,10-18H2,1-9H3/t20-,21-,23?,27-/m1/s1. The van der Waals surface area contributed by atoms with Crippen molar-refractivity contribution in [1.82, 2.24) is 9.80 Å². The molecule has 192 valence electrons. The van der Waals surface area contributed by atoms with E-state index in [-0.39, 0.29) is 17.7 Å². The first-order chi connectivity index (χ1) is 15.3. The number of rotatable bonds is 4. The molecular weight excluding hydrogens is 416 g/mol. The minimum atomic E-state index is -1.16. The average Bonchev–Trinajstić information content (AvgIpc) is 2.73. The minimum absolute atomic E-state index is 0.0606. The van der Waals surface area contributed by atoms with Gasteiger partial charge in [0.25, 0.3) is 0 Å². The SMILES string of the molecule is CO[C@]1(C)C[C@@H](C)CN(C)C(C2CCN(CC(C)C)CC2)COC(=O)C(C)(C)C(=O)[C@H](C)C1. The van der Waals surface area contributed by atoms with Crippen LogP contribution in [0.5, 0.6) is 0 Å². The Labute approximate surface area is 202 Å². The summed E-state index contributed by atoms with van der Waals surface area (Å²) >= 11 is 0. The number of likely N-dealkylation sites (tertiary alicyclic amines) is 1. The summed E-state index contributed by atoms with van der Waals surface area (Å²) in [5.74, 6) is 0.819. The maximum absolute atomic E-state index is 13.3. The van der Waals surface area contributed by atoms with Crippen molar-refractivity contribution in [3.63, 3.8) is 0 Å². The monoisotopic (exact) mass is 466 g/mol. The highest BCUT2D eigenvalue weighted by atomic mass is 16.5. The lowest BCUT2D eigenvalue weighted by Gasteiger charge is -2.41. The molecule has 0 aromatic heterocycles. The summed E-state index contributed by atoms with van der Waals surface area (Å²) in [6, 6.07) is 0.162. The van der Waals surface area contributed by atoms with Crippen molar-refractivity contribution in [2.45, 2.75) is 85.8 Å². The third-order valence-corrected chi connectivity index (χ3v) is 7.94. The number of likely N-dealkylation sites (N-methyl/N-ethyl adjacent to an activating group) is 1. The predicted octanol–water partition coefficient (Wildman–Crippen LogP) is 4.26. The molecule has 0 aromatic carbocycles. The quantitative estimate of drug-likeness (QED) is 0.456. The Hall–Kier alpha value is -0.980. The van der Waals surface area contributed by atoms with E-state index >= 15 is 0 Å². The van der Waals surface area contributed by atoms with Gasteiger partial charge in [0, 0.05) is 32.2 Å². The van der Waals surface area contributed by atoms with Gasteiger partial charge in [0.2, 0.25) is 0 Å². The van der Waals surface area contributed by atoms with Gasteiger partial charge in [-0.05, 0) is 84.3 Å². The molecule has 33 heavy (non-hydrogen) atoms. The Morgan fingerprint density at radius 2 is 1.70 bits per heavy atom. The van der Waals surface area contributed by atoms with Gasteiger partial charge in [-0.1, -0.05) is 27.7 Å². The molecule has 0 bridgehead atoms. The molecule has 6 heteroatoms. The molecule has 0 aliphatic carbocycles. The van der Waals surface area contributed by atoms with E-state index in [2.05, 4.69) is 44.5 Å². The van der Waals surface area contributed by atoms with E-state index < -0.39 is 17.0 Å². The molecule has 2 saturated heterocycles. The summed E-state index contributed by atoms with van der Waals surface area (Å²) in [5, 5.41) is 0. The Bertz CT molecular complexity index is 657. The lowest BCUT2D eigenvalue weighted by molar-refractivity contribution is -0.162. The lowest BCUT2D eigenvalue weighted by atomic mass is 9.76. The summed E-state index contributed by atoms with van der Waals surface area (Å²) in [7, 11) is 3.90. The van der Waals surface area contributed by atoms with Crippen molar-refractivity contribution in [1.29, 1.82) is 0 Å². The zero-order valence-electron chi connectivity index (χ0n) is 22.8. The number of ketones is 1. The third-order valence-electron chi connectivity index (χ3n) is 7.94. The van der Waals surface area contributed by atoms with E-state index in [1.165, 1.54) is 0 Å². The largest absolute Gasteiger partial charge is 0.463 e. The van der Waals surface area contributed by atoms with E-state index in [9.17, 15) is 9.59 Å². The number of ether oxygens (including phenoxy) is 2. The molecule has 0 saturated carbocycles. The van der Waals surface area contributed by atoms with Crippen LogP contribution in [-0.4, -0.2) is 80.1 Å². The van der Waals surface area contributed by atoms with Gasteiger partial charge in [0.05, 0.1) is 5.60 Å². The Morgan fingerprint density at radius 1 is 1.09 bits per heavy atom. The predicted molar refractivity (Wildman–Crippen MR) is 133 cm³/mol. The number of hydrogen-bond donors (Lipinski definition) is 0. The smallest absolute Gasteiger partial charge is 0.319 e. The fourth-order valence-electron chi connectivity index (χ4n) is 6.14. The topological polar surface area (TPSA) is 59.1 Å². The summed E-state index contributed by atoms with van der Waals surface area (Å²) < 4.78 is 11.8. The van der Waals surface area contributed by atoms with Crippen LogP contribution in [0.1, 0.15) is 74.1 Å². The first kappa shape index (κ1) is 28.3. The van der Waals surface area contributed by atoms with Crippen LogP contribution in [-0.2, 0) is 19.1 Å². The number of cyclic esters (lactones) is 1. The van der Waals surface area contributed by atoms with Crippen LogP contribution in [0.3, 0.4) is 0 Å². The number of esters is 1. The second kappa shape index (κ2) is 11.6. The number of carbonyl (C=O) groups is 2. The van der Waals surface area contributed by atoms with Crippen molar-refractivity contribution >= 4 is 11.8 Å². The number of Topliss-reactive ketones (excluding diaryl/α,β-unsaturated/α-hetero) is 1. The molecule has 6 nitrogen and oxygen atoms in total. The van der Waals surface area contributed by atoms with Crippen LogP contribution in [0, 0.1) is 29.1 Å². The average molecular weight is 467 g/mol. The number of nitrogens with zero attached hydrogens (tertiary/aromatic N) is 2. The molecule has 2 aliphatic rings. The van der Waals surface area contributed by atoms with E-state index in [0.717, 1.165) is 45.4 Å². The molecule has 4 atom stereocenters. The second-order valence-electron chi connectivity index (χ2n) is 12.2. The van der Waals surface area contributed by atoms with Crippen molar-refractivity contribution in [2.75, 3.05) is 46.9 Å². The highest BCUT2D eigenvalue weighted by Crippen LogP contribution is 2.34. The summed E-state index contributed by atoms with van der Waals surface area (Å²) in [5.41, 5.74) is -1.56. The van der Waals surface area contributed by atoms with E-state index in [4.69, 9.17) is 9.47 Å². The molecule has 0 spiro atoms. The summed E-state index contributed by atoms with van der Waals surface area (Å²) in [4.78, 5) is 31.3. The van der Waals surface area contributed by atoms with Crippen LogP contribution in [0.25, 0.3) is 0 Å². The van der Waals surface area contributed by atoms with Gasteiger partial charge in [-0.3, -0.25) is 14.5 Å². The van der Waals surface area contributed by atoms with Gasteiger partial charge in [-0.15, -0.1) is 0 Å². The first-order valence-electron chi connectivity index (χ1n) is 13.0. The zero-order valence-corrected chi connectivity index (χ0v) is 22.8. The highest BCUT2D eigenvalue weighted by molar-refractivity contribution is 6.03. The van der Waals surface area contributed by atoms with Crippen LogP contribution < -0.4 is 0 Å². The van der Waals surface area contributed by atoms with Gasteiger partial charge in [0.15, 0.2) is 5.78 Å².